The number of fused-ring (bicyclic) bond motifs is 1. The molecular formula is C16H15FN4O5. The van der Waals surface area contributed by atoms with Crippen LogP contribution in [0.2, 0.25) is 0 Å². The molecule has 1 atom stereocenters. The first kappa shape index (κ1) is 17.5. The Balaban J connectivity index is 1.97. The van der Waals surface area contributed by atoms with Crippen molar-refractivity contribution in [1.82, 2.24) is 20.2 Å². The summed E-state index contributed by atoms with van der Waals surface area (Å²) in [6.45, 7) is 1.16. The number of rotatable bonds is 4. The van der Waals surface area contributed by atoms with Crippen molar-refractivity contribution in [3.05, 3.63) is 29.3 Å². The third kappa shape index (κ3) is 3.13. The first-order valence-electron chi connectivity index (χ1n) is 7.79. The summed E-state index contributed by atoms with van der Waals surface area (Å²) in [6, 6.07) is 1.43. The fraction of sp³-hybridized carbons (Fsp3) is 0.312. The molecule has 136 valence electrons. The molecule has 3 N–H and O–H groups in total. The van der Waals surface area contributed by atoms with Gasteiger partial charge in [0.1, 0.15) is 35.3 Å². The van der Waals surface area contributed by atoms with Crippen molar-refractivity contribution in [3.63, 3.8) is 0 Å². The largest absolute Gasteiger partial charge is 0.480 e. The number of aryl methyl sites for hydroxylation is 1. The number of carboxylic acids is 1. The molecule has 9 nitrogen and oxygen atoms in total. The van der Waals surface area contributed by atoms with Crippen LogP contribution in [0.15, 0.2) is 12.1 Å². The molecule has 2 aromatic rings. The Labute approximate surface area is 146 Å². The molecule has 1 fully saturated rings. The fourth-order valence-corrected chi connectivity index (χ4v) is 2.90. The molecule has 0 aliphatic carbocycles. The normalized spacial score (nSPS) is 17.2. The van der Waals surface area contributed by atoms with E-state index in [2.05, 4.69) is 15.6 Å². The van der Waals surface area contributed by atoms with Gasteiger partial charge in [0, 0.05) is 6.42 Å². The number of aromatic nitrogens is 2. The smallest absolute Gasteiger partial charge is 0.323 e. The zero-order valence-electron chi connectivity index (χ0n) is 13.7. The van der Waals surface area contributed by atoms with E-state index in [0.717, 1.165) is 6.07 Å². The van der Waals surface area contributed by atoms with E-state index < -0.39 is 35.5 Å². The summed E-state index contributed by atoms with van der Waals surface area (Å²) in [5.74, 6) is -3.59. The number of carbonyl (C=O) groups is 4. The van der Waals surface area contributed by atoms with Crippen molar-refractivity contribution >= 4 is 34.7 Å². The lowest BCUT2D eigenvalue weighted by Gasteiger charge is -2.21. The Morgan fingerprint density at radius 2 is 2.15 bits per heavy atom. The predicted octanol–water partition coefficient (Wildman–Crippen LogP) is 0.103. The quantitative estimate of drug-likeness (QED) is 0.662. The zero-order chi connectivity index (χ0) is 19.0. The van der Waals surface area contributed by atoms with Gasteiger partial charge in [-0.05, 0) is 25.5 Å². The molecule has 1 aliphatic rings. The summed E-state index contributed by atoms with van der Waals surface area (Å²) >= 11 is 0. The van der Waals surface area contributed by atoms with E-state index in [1.807, 2.05) is 0 Å². The average Bonchev–Trinajstić information content (AvgIpc) is 2.85. The maximum absolute atomic E-state index is 14.3. The van der Waals surface area contributed by atoms with Crippen LogP contribution in [0.1, 0.15) is 29.0 Å². The lowest BCUT2D eigenvalue weighted by molar-refractivity contribution is -0.138. The van der Waals surface area contributed by atoms with Crippen molar-refractivity contribution in [3.8, 4) is 0 Å². The number of benzene rings is 1. The van der Waals surface area contributed by atoms with Gasteiger partial charge in [0.25, 0.3) is 5.91 Å². The second-order valence-corrected chi connectivity index (χ2v) is 5.91. The number of carboxylic acid groups (broad SMARTS) is 1. The van der Waals surface area contributed by atoms with Crippen LogP contribution in [0, 0.1) is 12.7 Å². The molecular weight excluding hydrogens is 347 g/mol. The van der Waals surface area contributed by atoms with Gasteiger partial charge in [-0.1, -0.05) is 0 Å². The summed E-state index contributed by atoms with van der Waals surface area (Å²) in [5, 5.41) is 13.5. The Bertz CT molecular complexity index is 952. The lowest BCUT2D eigenvalue weighted by Crippen LogP contribution is -2.52. The van der Waals surface area contributed by atoms with Crippen molar-refractivity contribution in [1.29, 1.82) is 0 Å². The molecule has 1 saturated heterocycles. The van der Waals surface area contributed by atoms with Gasteiger partial charge in [-0.25, -0.2) is 9.37 Å². The number of imidazole rings is 1. The van der Waals surface area contributed by atoms with E-state index in [1.165, 1.54) is 10.6 Å². The fourth-order valence-electron chi connectivity index (χ4n) is 2.90. The highest BCUT2D eigenvalue weighted by Crippen LogP contribution is 2.23. The highest BCUT2D eigenvalue weighted by Gasteiger charge is 2.30. The second-order valence-electron chi connectivity index (χ2n) is 5.91. The number of imide groups is 1. The highest BCUT2D eigenvalue weighted by molar-refractivity contribution is 6.08. The highest BCUT2D eigenvalue weighted by atomic mass is 19.1. The molecule has 10 heteroatoms. The number of hydrogen-bond donors (Lipinski definition) is 3. The predicted molar refractivity (Wildman–Crippen MR) is 85.7 cm³/mol. The molecule has 3 rings (SSSR count). The number of carbonyl (C=O) groups excluding carboxylic acids is 3. The molecule has 0 radical (unpaired) electrons. The van der Waals surface area contributed by atoms with E-state index >= 15 is 0 Å². The van der Waals surface area contributed by atoms with Gasteiger partial charge in [-0.2, -0.15) is 0 Å². The summed E-state index contributed by atoms with van der Waals surface area (Å²) in [5.41, 5.74) is -0.0762. The van der Waals surface area contributed by atoms with Gasteiger partial charge in [-0.15, -0.1) is 0 Å². The van der Waals surface area contributed by atoms with Crippen molar-refractivity contribution < 1.29 is 28.7 Å². The van der Waals surface area contributed by atoms with Crippen LogP contribution < -0.4 is 10.6 Å². The summed E-state index contributed by atoms with van der Waals surface area (Å²) in [4.78, 5) is 50.6. The molecule has 26 heavy (non-hydrogen) atoms. The molecule has 3 amide bonds. The van der Waals surface area contributed by atoms with Crippen LogP contribution >= 0.6 is 0 Å². The first-order chi connectivity index (χ1) is 12.3. The molecule has 1 unspecified atom stereocenters. The maximum Gasteiger partial charge on any atom is 0.323 e. The van der Waals surface area contributed by atoms with Crippen LogP contribution in [0.25, 0.3) is 11.0 Å². The molecule has 1 aromatic heterocycles. The van der Waals surface area contributed by atoms with Crippen LogP contribution in [-0.4, -0.2) is 44.4 Å². The SMILES string of the molecule is Cc1nc2c(C(=O)NC3CCC(=O)NC3=O)c(F)ccc2n1CC(=O)O. The number of amides is 3. The van der Waals surface area contributed by atoms with Gasteiger partial charge in [-0.3, -0.25) is 24.5 Å². The second kappa shape index (κ2) is 6.54. The number of piperidine rings is 1. The number of nitrogens with one attached hydrogen (secondary N) is 2. The summed E-state index contributed by atoms with van der Waals surface area (Å²) in [7, 11) is 0. The first-order valence-corrected chi connectivity index (χ1v) is 7.79. The molecule has 0 bridgehead atoms. The molecule has 2 heterocycles. The summed E-state index contributed by atoms with van der Waals surface area (Å²) in [6.07, 6.45) is 0.177. The van der Waals surface area contributed by atoms with Crippen LogP contribution in [0.3, 0.4) is 0 Å². The van der Waals surface area contributed by atoms with E-state index in [0.29, 0.717) is 11.3 Å². The lowest BCUT2D eigenvalue weighted by atomic mass is 10.0. The van der Waals surface area contributed by atoms with Crippen molar-refractivity contribution in [2.75, 3.05) is 0 Å². The van der Waals surface area contributed by atoms with Gasteiger partial charge in [0.15, 0.2) is 0 Å². The van der Waals surface area contributed by atoms with E-state index in [-0.39, 0.29) is 30.5 Å². The Morgan fingerprint density at radius 1 is 1.42 bits per heavy atom. The standard InChI is InChI=1S/C16H15FN4O5/c1-7-18-14-10(21(7)6-12(23)24)4-2-8(17)13(14)16(26)19-9-3-5-11(22)20-15(9)25/h2,4,9H,3,5-6H2,1H3,(H,19,26)(H,23,24)(H,20,22,25). The molecule has 0 saturated carbocycles. The average molecular weight is 362 g/mol. The third-order valence-corrected chi connectivity index (χ3v) is 4.13. The number of hydrogen-bond acceptors (Lipinski definition) is 5. The Kier molecular flexibility index (Phi) is 4.41. The zero-order valence-corrected chi connectivity index (χ0v) is 13.7. The van der Waals surface area contributed by atoms with Crippen molar-refractivity contribution in [2.45, 2.75) is 32.4 Å². The Morgan fingerprint density at radius 3 is 2.81 bits per heavy atom. The third-order valence-electron chi connectivity index (χ3n) is 4.13. The minimum atomic E-state index is -1.11. The van der Waals surface area contributed by atoms with Crippen LogP contribution in [0.4, 0.5) is 4.39 Å². The maximum atomic E-state index is 14.3. The minimum Gasteiger partial charge on any atom is -0.480 e. The van der Waals surface area contributed by atoms with Crippen molar-refractivity contribution in [2.24, 2.45) is 0 Å². The number of aliphatic carboxylic acids is 1. The number of halogens is 1. The monoisotopic (exact) mass is 362 g/mol. The minimum absolute atomic E-state index is 0.00791. The topological polar surface area (TPSA) is 130 Å². The van der Waals surface area contributed by atoms with E-state index in [9.17, 15) is 23.6 Å². The molecule has 0 spiro atoms. The van der Waals surface area contributed by atoms with Gasteiger partial charge in [0.05, 0.1) is 5.52 Å². The molecule has 1 aromatic carbocycles. The van der Waals surface area contributed by atoms with Crippen LogP contribution in [-0.2, 0) is 20.9 Å². The van der Waals surface area contributed by atoms with Gasteiger partial charge < -0.3 is 15.0 Å². The summed E-state index contributed by atoms with van der Waals surface area (Å²) < 4.78 is 15.7. The number of nitrogens with zero attached hydrogens (tertiary/aromatic N) is 2. The van der Waals surface area contributed by atoms with Gasteiger partial charge >= 0.3 is 5.97 Å². The van der Waals surface area contributed by atoms with Gasteiger partial charge in [0.2, 0.25) is 11.8 Å². The van der Waals surface area contributed by atoms with E-state index in [4.69, 9.17) is 5.11 Å². The van der Waals surface area contributed by atoms with Crippen LogP contribution in [0.5, 0.6) is 0 Å². The molecule has 1 aliphatic heterocycles. The Hall–Kier alpha value is -3.30. The van der Waals surface area contributed by atoms with E-state index in [1.54, 1.807) is 6.92 Å².